The SMILES string of the molecule is CN(C)Cc1cc(-c2ccc(S(C)(=O)=O)cc2)n(-c2ccc(F)cc2)n1. The summed E-state index contributed by atoms with van der Waals surface area (Å²) in [6.07, 6.45) is 1.18. The third kappa shape index (κ3) is 4.00. The van der Waals surface area contributed by atoms with Crippen molar-refractivity contribution in [3.8, 4) is 16.9 Å². The van der Waals surface area contributed by atoms with Crippen LogP contribution in [0, 0.1) is 5.82 Å². The van der Waals surface area contributed by atoms with Gasteiger partial charge < -0.3 is 4.90 Å². The van der Waals surface area contributed by atoms with E-state index in [-0.39, 0.29) is 10.7 Å². The first-order chi connectivity index (χ1) is 12.2. The first kappa shape index (κ1) is 18.3. The highest BCUT2D eigenvalue weighted by atomic mass is 32.2. The number of hydrogen-bond donors (Lipinski definition) is 0. The van der Waals surface area contributed by atoms with Crippen LogP contribution in [0.25, 0.3) is 16.9 Å². The van der Waals surface area contributed by atoms with Crippen LogP contribution in [0.4, 0.5) is 4.39 Å². The third-order valence-electron chi connectivity index (χ3n) is 3.89. The largest absolute Gasteiger partial charge is 0.304 e. The fourth-order valence-corrected chi connectivity index (χ4v) is 3.32. The van der Waals surface area contributed by atoms with Gasteiger partial charge in [-0.15, -0.1) is 0 Å². The van der Waals surface area contributed by atoms with Gasteiger partial charge in [0.15, 0.2) is 9.84 Å². The molecule has 0 N–H and O–H groups in total. The topological polar surface area (TPSA) is 55.2 Å². The molecule has 0 radical (unpaired) electrons. The molecule has 0 amide bonds. The summed E-state index contributed by atoms with van der Waals surface area (Å²) in [6, 6.07) is 14.7. The molecule has 0 saturated carbocycles. The smallest absolute Gasteiger partial charge is 0.175 e. The summed E-state index contributed by atoms with van der Waals surface area (Å²) in [6.45, 7) is 0.655. The van der Waals surface area contributed by atoms with E-state index < -0.39 is 9.84 Å². The summed E-state index contributed by atoms with van der Waals surface area (Å²) in [4.78, 5) is 2.27. The molecule has 0 aliphatic carbocycles. The van der Waals surface area contributed by atoms with E-state index in [1.807, 2.05) is 25.1 Å². The molecule has 7 heteroatoms. The van der Waals surface area contributed by atoms with Gasteiger partial charge >= 0.3 is 0 Å². The molecular formula is C19H20FN3O2S. The molecule has 136 valence electrons. The predicted octanol–water partition coefficient (Wildman–Crippen LogP) is 3.14. The summed E-state index contributed by atoms with van der Waals surface area (Å²) >= 11 is 0. The van der Waals surface area contributed by atoms with Gasteiger partial charge in [0.05, 0.1) is 22.0 Å². The Balaban J connectivity index is 2.09. The highest BCUT2D eigenvalue weighted by Crippen LogP contribution is 2.26. The first-order valence-corrected chi connectivity index (χ1v) is 9.93. The lowest BCUT2D eigenvalue weighted by Gasteiger charge is -2.08. The van der Waals surface area contributed by atoms with E-state index >= 15 is 0 Å². The van der Waals surface area contributed by atoms with Gasteiger partial charge in [0.2, 0.25) is 0 Å². The van der Waals surface area contributed by atoms with Crippen LogP contribution in [0.15, 0.2) is 59.5 Å². The predicted molar refractivity (Wildman–Crippen MR) is 99.5 cm³/mol. The fraction of sp³-hybridized carbons (Fsp3) is 0.211. The Morgan fingerprint density at radius 1 is 1.04 bits per heavy atom. The van der Waals surface area contributed by atoms with Crippen LogP contribution in [0.5, 0.6) is 0 Å². The maximum atomic E-state index is 13.3. The second-order valence-electron chi connectivity index (χ2n) is 6.44. The lowest BCUT2D eigenvalue weighted by molar-refractivity contribution is 0.395. The third-order valence-corrected chi connectivity index (χ3v) is 5.02. The van der Waals surface area contributed by atoms with E-state index in [0.29, 0.717) is 6.54 Å². The van der Waals surface area contributed by atoms with E-state index in [1.165, 1.54) is 18.4 Å². The number of halogens is 1. The lowest BCUT2D eigenvalue weighted by atomic mass is 10.1. The van der Waals surface area contributed by atoms with E-state index in [1.54, 1.807) is 41.1 Å². The molecule has 0 saturated heterocycles. The fourth-order valence-electron chi connectivity index (χ4n) is 2.69. The molecule has 5 nitrogen and oxygen atoms in total. The van der Waals surface area contributed by atoms with Gasteiger partial charge in [0.1, 0.15) is 5.82 Å². The standard InChI is InChI=1S/C19H20FN3O2S/c1-22(2)13-16-12-19(14-4-10-18(11-5-14)26(3,24)25)23(21-16)17-8-6-15(20)7-9-17/h4-12H,13H2,1-3H3. The normalized spacial score (nSPS) is 11.9. The Hall–Kier alpha value is -2.51. The van der Waals surface area contributed by atoms with E-state index in [4.69, 9.17) is 0 Å². The second-order valence-corrected chi connectivity index (χ2v) is 8.46. The molecule has 2 aromatic carbocycles. The van der Waals surface area contributed by atoms with E-state index in [9.17, 15) is 12.8 Å². The van der Waals surface area contributed by atoms with Crippen LogP contribution in [0.1, 0.15) is 5.69 Å². The Morgan fingerprint density at radius 2 is 1.65 bits per heavy atom. The van der Waals surface area contributed by atoms with Crippen molar-refractivity contribution in [2.45, 2.75) is 11.4 Å². The van der Waals surface area contributed by atoms with Crippen molar-refractivity contribution in [3.05, 3.63) is 66.1 Å². The molecule has 0 aliphatic heterocycles. The van der Waals surface area contributed by atoms with Gasteiger partial charge in [0, 0.05) is 18.4 Å². The van der Waals surface area contributed by atoms with Gasteiger partial charge in [0.25, 0.3) is 0 Å². The molecule has 1 heterocycles. The molecular weight excluding hydrogens is 353 g/mol. The van der Waals surface area contributed by atoms with Crippen LogP contribution < -0.4 is 0 Å². The molecule has 0 spiro atoms. The first-order valence-electron chi connectivity index (χ1n) is 8.04. The van der Waals surface area contributed by atoms with Crippen LogP contribution in [-0.2, 0) is 16.4 Å². The maximum absolute atomic E-state index is 13.3. The highest BCUT2D eigenvalue weighted by Gasteiger charge is 2.14. The van der Waals surface area contributed by atoms with Gasteiger partial charge in [-0.2, -0.15) is 5.10 Å². The minimum absolute atomic E-state index is 0.266. The Labute approximate surface area is 152 Å². The van der Waals surface area contributed by atoms with Crippen molar-refractivity contribution in [2.24, 2.45) is 0 Å². The van der Waals surface area contributed by atoms with Crippen molar-refractivity contribution < 1.29 is 12.8 Å². The minimum atomic E-state index is -3.25. The van der Waals surface area contributed by atoms with Gasteiger partial charge in [-0.25, -0.2) is 17.5 Å². The van der Waals surface area contributed by atoms with Crippen molar-refractivity contribution in [3.63, 3.8) is 0 Å². The molecule has 3 aromatic rings. The van der Waals surface area contributed by atoms with Crippen LogP contribution in [0.2, 0.25) is 0 Å². The number of sulfone groups is 1. The van der Waals surface area contributed by atoms with Crippen LogP contribution in [0.3, 0.4) is 0 Å². The maximum Gasteiger partial charge on any atom is 0.175 e. The Bertz CT molecular complexity index is 1010. The number of hydrogen-bond acceptors (Lipinski definition) is 4. The van der Waals surface area contributed by atoms with Crippen LogP contribution in [-0.4, -0.2) is 43.4 Å². The minimum Gasteiger partial charge on any atom is -0.304 e. The summed E-state index contributed by atoms with van der Waals surface area (Å²) < 4.78 is 38.3. The zero-order chi connectivity index (χ0) is 18.9. The van der Waals surface area contributed by atoms with E-state index in [2.05, 4.69) is 5.10 Å². The molecule has 0 aliphatic rings. The van der Waals surface area contributed by atoms with Crippen molar-refractivity contribution in [2.75, 3.05) is 20.4 Å². The Morgan fingerprint density at radius 3 is 2.19 bits per heavy atom. The monoisotopic (exact) mass is 373 g/mol. The molecule has 1 aromatic heterocycles. The quantitative estimate of drug-likeness (QED) is 0.689. The number of benzene rings is 2. The highest BCUT2D eigenvalue weighted by molar-refractivity contribution is 7.90. The summed E-state index contributed by atoms with van der Waals surface area (Å²) in [7, 11) is 0.661. The van der Waals surface area contributed by atoms with Crippen molar-refractivity contribution >= 4 is 9.84 Å². The average molecular weight is 373 g/mol. The molecule has 0 atom stereocenters. The number of aromatic nitrogens is 2. The van der Waals surface area contributed by atoms with Gasteiger partial charge in [-0.05, 0) is 56.6 Å². The van der Waals surface area contributed by atoms with E-state index in [0.717, 1.165) is 22.6 Å². The zero-order valence-corrected chi connectivity index (χ0v) is 15.7. The molecule has 3 rings (SSSR count). The summed E-state index contributed by atoms with van der Waals surface area (Å²) in [5.41, 5.74) is 3.24. The van der Waals surface area contributed by atoms with Crippen molar-refractivity contribution in [1.29, 1.82) is 0 Å². The molecule has 0 unspecified atom stereocenters. The van der Waals surface area contributed by atoms with Crippen LogP contribution >= 0.6 is 0 Å². The second kappa shape index (κ2) is 7.01. The zero-order valence-electron chi connectivity index (χ0n) is 14.8. The molecule has 0 bridgehead atoms. The Kier molecular flexibility index (Phi) is 4.93. The number of nitrogens with zero attached hydrogens (tertiary/aromatic N) is 3. The summed E-state index contributed by atoms with van der Waals surface area (Å²) in [5.74, 6) is -0.312. The van der Waals surface area contributed by atoms with Crippen molar-refractivity contribution in [1.82, 2.24) is 14.7 Å². The number of rotatable bonds is 5. The summed E-state index contributed by atoms with van der Waals surface area (Å²) in [5, 5.41) is 4.63. The molecule has 26 heavy (non-hydrogen) atoms. The lowest BCUT2D eigenvalue weighted by Crippen LogP contribution is -2.11. The van der Waals surface area contributed by atoms with Gasteiger partial charge in [-0.1, -0.05) is 12.1 Å². The average Bonchev–Trinajstić information content (AvgIpc) is 2.98. The van der Waals surface area contributed by atoms with Gasteiger partial charge in [-0.3, -0.25) is 0 Å². The molecule has 0 fully saturated rings.